The third kappa shape index (κ3) is 5.58. The molecule has 0 aliphatic carbocycles. The monoisotopic (exact) mass is 311 g/mol. The third-order valence-corrected chi connectivity index (χ3v) is 3.74. The largest absolute Gasteiger partial charge is 0.481 e. The van der Waals surface area contributed by atoms with Crippen LogP contribution in [0.15, 0.2) is 54.6 Å². The number of amides is 1. The van der Waals surface area contributed by atoms with Crippen LogP contribution in [0.5, 0.6) is 0 Å². The van der Waals surface area contributed by atoms with Crippen molar-refractivity contribution in [1.82, 2.24) is 0 Å². The molecule has 4 nitrogen and oxygen atoms in total. The van der Waals surface area contributed by atoms with E-state index >= 15 is 0 Å². The van der Waals surface area contributed by atoms with Crippen LogP contribution in [-0.4, -0.2) is 17.0 Å². The summed E-state index contributed by atoms with van der Waals surface area (Å²) in [6.07, 6.45) is 1.15. The molecule has 0 aliphatic rings. The zero-order valence-electron chi connectivity index (χ0n) is 13.2. The Morgan fingerprint density at radius 2 is 1.83 bits per heavy atom. The zero-order valence-corrected chi connectivity index (χ0v) is 13.2. The Morgan fingerprint density at radius 3 is 2.52 bits per heavy atom. The van der Waals surface area contributed by atoms with E-state index in [2.05, 4.69) is 24.4 Å². The molecule has 0 fully saturated rings. The molecule has 1 unspecified atom stereocenters. The van der Waals surface area contributed by atoms with Crippen LogP contribution in [0.1, 0.15) is 36.8 Å². The number of carbonyl (C=O) groups excluding carboxylic acids is 1. The lowest BCUT2D eigenvalue weighted by Gasteiger charge is -2.12. The van der Waals surface area contributed by atoms with Crippen LogP contribution < -0.4 is 5.32 Å². The van der Waals surface area contributed by atoms with Gasteiger partial charge in [-0.05, 0) is 35.6 Å². The normalized spacial score (nSPS) is 11.7. The molecule has 4 heteroatoms. The second kappa shape index (κ2) is 8.13. The van der Waals surface area contributed by atoms with Crippen molar-refractivity contribution < 1.29 is 14.7 Å². The van der Waals surface area contributed by atoms with Gasteiger partial charge in [-0.1, -0.05) is 49.4 Å². The first-order valence-electron chi connectivity index (χ1n) is 7.70. The number of nitrogens with one attached hydrogen (secondary N) is 1. The smallest absolute Gasteiger partial charge is 0.307 e. The number of carboxylic acids is 1. The minimum Gasteiger partial charge on any atom is -0.481 e. The summed E-state index contributed by atoms with van der Waals surface area (Å²) in [5.74, 6) is -0.620. The second-order valence-electron chi connectivity index (χ2n) is 5.67. The minimum atomic E-state index is -0.884. The highest BCUT2D eigenvalue weighted by Crippen LogP contribution is 2.20. The van der Waals surface area contributed by atoms with Crippen LogP contribution >= 0.6 is 0 Å². The van der Waals surface area contributed by atoms with Crippen LogP contribution in [0.3, 0.4) is 0 Å². The molecule has 0 aliphatic heterocycles. The van der Waals surface area contributed by atoms with Crippen LogP contribution in [0, 0.1) is 0 Å². The minimum absolute atomic E-state index is 0.0469. The maximum absolute atomic E-state index is 12.1. The van der Waals surface area contributed by atoms with Gasteiger partial charge in [0.25, 0.3) is 0 Å². The average Bonchev–Trinajstić information content (AvgIpc) is 2.53. The number of hydrogen-bond acceptors (Lipinski definition) is 2. The Morgan fingerprint density at radius 1 is 1.09 bits per heavy atom. The molecule has 1 amide bonds. The third-order valence-electron chi connectivity index (χ3n) is 3.74. The van der Waals surface area contributed by atoms with Crippen molar-refractivity contribution in [3.63, 3.8) is 0 Å². The Bertz CT molecular complexity index is 667. The zero-order chi connectivity index (χ0) is 16.7. The summed E-state index contributed by atoms with van der Waals surface area (Å²) in [4.78, 5) is 22.8. The first-order chi connectivity index (χ1) is 11.0. The summed E-state index contributed by atoms with van der Waals surface area (Å²) in [6, 6.07) is 17.1. The SMILES string of the molecule is CC(CCC(=O)Nc1cccc(CC(=O)O)c1)c1ccccc1. The number of aliphatic carboxylic acids is 1. The molecule has 0 spiro atoms. The highest BCUT2D eigenvalue weighted by atomic mass is 16.4. The Hall–Kier alpha value is -2.62. The molecule has 120 valence electrons. The van der Waals surface area contributed by atoms with Gasteiger partial charge in [-0.3, -0.25) is 9.59 Å². The fourth-order valence-electron chi connectivity index (χ4n) is 2.45. The summed E-state index contributed by atoms with van der Waals surface area (Å²) in [6.45, 7) is 2.11. The molecule has 2 rings (SSSR count). The molecule has 0 bridgehead atoms. The van der Waals surface area contributed by atoms with Crippen molar-refractivity contribution in [2.75, 3.05) is 5.32 Å². The summed E-state index contributed by atoms with van der Waals surface area (Å²) in [5, 5.41) is 11.6. The van der Waals surface area contributed by atoms with E-state index < -0.39 is 5.97 Å². The van der Waals surface area contributed by atoms with Crippen LogP contribution in [-0.2, 0) is 16.0 Å². The first-order valence-corrected chi connectivity index (χ1v) is 7.70. The number of rotatable bonds is 7. The van der Waals surface area contributed by atoms with Crippen molar-refractivity contribution in [3.05, 3.63) is 65.7 Å². The van der Waals surface area contributed by atoms with Gasteiger partial charge in [0, 0.05) is 12.1 Å². The highest BCUT2D eigenvalue weighted by molar-refractivity contribution is 5.90. The van der Waals surface area contributed by atoms with Crippen molar-refractivity contribution in [1.29, 1.82) is 0 Å². The lowest BCUT2D eigenvalue weighted by atomic mass is 9.96. The Kier molecular flexibility index (Phi) is 5.92. The summed E-state index contributed by atoms with van der Waals surface area (Å²) < 4.78 is 0. The van der Waals surface area contributed by atoms with E-state index in [1.54, 1.807) is 24.3 Å². The van der Waals surface area contributed by atoms with Gasteiger partial charge in [-0.25, -0.2) is 0 Å². The number of anilines is 1. The molecule has 1 atom stereocenters. The number of carbonyl (C=O) groups is 2. The van der Waals surface area contributed by atoms with Gasteiger partial charge >= 0.3 is 5.97 Å². The fourth-order valence-corrected chi connectivity index (χ4v) is 2.45. The quantitative estimate of drug-likeness (QED) is 0.816. The van der Waals surface area contributed by atoms with Crippen molar-refractivity contribution >= 4 is 17.6 Å². The standard InChI is InChI=1S/C19H21NO3/c1-14(16-7-3-2-4-8-16)10-11-18(21)20-17-9-5-6-15(12-17)13-19(22)23/h2-9,12,14H,10-11,13H2,1H3,(H,20,21)(H,22,23). The molecule has 23 heavy (non-hydrogen) atoms. The Labute approximate surface area is 136 Å². The van der Waals surface area contributed by atoms with Crippen LogP contribution in [0.25, 0.3) is 0 Å². The highest BCUT2D eigenvalue weighted by Gasteiger charge is 2.09. The van der Waals surface area contributed by atoms with Gasteiger partial charge in [0.05, 0.1) is 6.42 Å². The summed E-state index contributed by atoms with van der Waals surface area (Å²) in [5.41, 5.74) is 2.54. The topological polar surface area (TPSA) is 66.4 Å². The maximum atomic E-state index is 12.1. The maximum Gasteiger partial charge on any atom is 0.307 e. The van der Waals surface area contributed by atoms with E-state index in [1.807, 2.05) is 18.2 Å². The lowest BCUT2D eigenvalue weighted by molar-refractivity contribution is -0.136. The molecule has 2 N–H and O–H groups in total. The van der Waals surface area contributed by atoms with Crippen molar-refractivity contribution in [2.45, 2.75) is 32.1 Å². The Balaban J connectivity index is 1.86. The predicted molar refractivity (Wildman–Crippen MR) is 90.5 cm³/mol. The van der Waals surface area contributed by atoms with E-state index in [9.17, 15) is 9.59 Å². The van der Waals surface area contributed by atoms with E-state index in [4.69, 9.17) is 5.11 Å². The van der Waals surface area contributed by atoms with E-state index in [0.29, 0.717) is 23.6 Å². The molecule has 0 aromatic heterocycles. The second-order valence-corrected chi connectivity index (χ2v) is 5.67. The van der Waals surface area contributed by atoms with Crippen LogP contribution in [0.2, 0.25) is 0 Å². The molecule has 2 aromatic rings. The van der Waals surface area contributed by atoms with Gasteiger partial charge in [-0.2, -0.15) is 0 Å². The first kappa shape index (κ1) is 16.7. The lowest BCUT2D eigenvalue weighted by Crippen LogP contribution is -2.12. The van der Waals surface area contributed by atoms with E-state index in [1.165, 1.54) is 5.56 Å². The number of hydrogen-bond donors (Lipinski definition) is 2. The molecule has 0 saturated heterocycles. The molecule has 0 saturated carbocycles. The van der Waals surface area contributed by atoms with E-state index in [0.717, 1.165) is 6.42 Å². The fraction of sp³-hybridized carbons (Fsp3) is 0.263. The van der Waals surface area contributed by atoms with Crippen molar-refractivity contribution in [3.8, 4) is 0 Å². The van der Waals surface area contributed by atoms with Gasteiger partial charge in [0.2, 0.25) is 5.91 Å². The molecular formula is C19H21NO3. The van der Waals surface area contributed by atoms with E-state index in [-0.39, 0.29) is 12.3 Å². The van der Waals surface area contributed by atoms with Gasteiger partial charge in [0.1, 0.15) is 0 Å². The molecule has 2 aromatic carbocycles. The predicted octanol–water partition coefficient (Wildman–Crippen LogP) is 3.84. The molecule has 0 heterocycles. The van der Waals surface area contributed by atoms with Gasteiger partial charge < -0.3 is 10.4 Å². The van der Waals surface area contributed by atoms with Crippen molar-refractivity contribution in [2.24, 2.45) is 0 Å². The molecular weight excluding hydrogens is 290 g/mol. The number of benzene rings is 2. The summed E-state index contributed by atoms with van der Waals surface area (Å²) >= 11 is 0. The van der Waals surface area contributed by atoms with Gasteiger partial charge in [-0.15, -0.1) is 0 Å². The van der Waals surface area contributed by atoms with Gasteiger partial charge in [0.15, 0.2) is 0 Å². The number of carboxylic acid groups (broad SMARTS) is 1. The molecule has 0 radical (unpaired) electrons. The average molecular weight is 311 g/mol. The van der Waals surface area contributed by atoms with Crippen LogP contribution in [0.4, 0.5) is 5.69 Å². The summed E-state index contributed by atoms with van der Waals surface area (Å²) in [7, 11) is 0.